The molecule has 0 aliphatic rings. The zero-order valence-corrected chi connectivity index (χ0v) is 18.8. The Kier molecular flexibility index (Phi) is 6.97. The lowest BCUT2D eigenvalue weighted by Crippen LogP contribution is -2.26. The molecule has 0 atom stereocenters. The van der Waals surface area contributed by atoms with E-state index in [9.17, 15) is 25.9 Å². The Morgan fingerprint density at radius 1 is 0.833 bits per heavy atom. The second-order valence-corrected chi connectivity index (χ2v) is 10.5. The smallest absolute Gasteiger partial charge is 0.295 e. The predicted octanol–water partition coefficient (Wildman–Crippen LogP) is 3.99. The zero-order chi connectivity index (χ0) is 22.7. The van der Waals surface area contributed by atoms with Crippen molar-refractivity contribution in [2.24, 2.45) is 0 Å². The molecule has 0 spiro atoms. The second kappa shape index (κ2) is 8.76. The summed E-state index contributed by atoms with van der Waals surface area (Å²) in [6.45, 7) is 8.12. The molecule has 164 valence electrons. The van der Waals surface area contributed by atoms with Gasteiger partial charge < -0.3 is 10.6 Å². The highest BCUT2D eigenvalue weighted by molar-refractivity contribution is 7.86. The summed E-state index contributed by atoms with van der Waals surface area (Å²) >= 11 is 0. The van der Waals surface area contributed by atoms with Crippen LogP contribution in [-0.2, 0) is 20.2 Å². The van der Waals surface area contributed by atoms with Crippen LogP contribution >= 0.6 is 0 Å². The van der Waals surface area contributed by atoms with Gasteiger partial charge in [-0.25, -0.2) is 0 Å². The molecule has 0 unspecified atom stereocenters. The lowest BCUT2D eigenvalue weighted by Gasteiger charge is -2.22. The SMILES string of the molecule is CCNc1ccc(/C=C/c2ccc(NC(C)(C)C)cc2S(=O)(=O)O)c(S(=O)(=O)O)c1. The van der Waals surface area contributed by atoms with E-state index < -0.39 is 20.2 Å². The summed E-state index contributed by atoms with van der Waals surface area (Å²) in [6, 6.07) is 8.86. The molecule has 0 aliphatic carbocycles. The van der Waals surface area contributed by atoms with Gasteiger partial charge in [-0.05, 0) is 63.1 Å². The fraction of sp³-hybridized carbons (Fsp3) is 0.300. The number of anilines is 2. The first-order valence-corrected chi connectivity index (χ1v) is 12.0. The number of hydrogen-bond acceptors (Lipinski definition) is 6. The van der Waals surface area contributed by atoms with Crippen molar-refractivity contribution >= 4 is 43.8 Å². The van der Waals surface area contributed by atoms with Gasteiger partial charge in [0.25, 0.3) is 20.2 Å². The molecular weight excluding hydrogens is 428 g/mol. The van der Waals surface area contributed by atoms with Gasteiger partial charge in [0, 0.05) is 23.5 Å². The average Bonchev–Trinajstić information content (AvgIpc) is 2.58. The van der Waals surface area contributed by atoms with Crippen molar-refractivity contribution in [1.29, 1.82) is 0 Å². The van der Waals surface area contributed by atoms with E-state index in [-0.39, 0.29) is 26.5 Å². The molecule has 2 rings (SSSR count). The third-order valence-corrected chi connectivity index (χ3v) is 5.74. The van der Waals surface area contributed by atoms with Crippen LogP contribution in [0, 0.1) is 0 Å². The molecule has 0 heterocycles. The highest BCUT2D eigenvalue weighted by Gasteiger charge is 2.18. The fourth-order valence-corrected chi connectivity index (χ4v) is 4.21. The molecular formula is C20H26N2O6S2. The Morgan fingerprint density at radius 3 is 1.67 bits per heavy atom. The van der Waals surface area contributed by atoms with E-state index in [1.165, 1.54) is 36.4 Å². The molecule has 0 bridgehead atoms. The van der Waals surface area contributed by atoms with Crippen LogP contribution in [0.2, 0.25) is 0 Å². The van der Waals surface area contributed by atoms with E-state index in [1.807, 2.05) is 27.7 Å². The normalized spacial score (nSPS) is 12.9. The summed E-state index contributed by atoms with van der Waals surface area (Å²) in [5.74, 6) is 0. The summed E-state index contributed by atoms with van der Waals surface area (Å²) in [5, 5.41) is 6.08. The van der Waals surface area contributed by atoms with Crippen molar-refractivity contribution in [2.45, 2.75) is 43.0 Å². The van der Waals surface area contributed by atoms with Gasteiger partial charge in [-0.3, -0.25) is 9.11 Å². The molecule has 30 heavy (non-hydrogen) atoms. The lowest BCUT2D eigenvalue weighted by molar-refractivity contribution is 0.480. The Hall–Kier alpha value is -2.40. The number of rotatable bonds is 7. The van der Waals surface area contributed by atoms with Crippen LogP contribution in [0.1, 0.15) is 38.8 Å². The molecule has 8 nitrogen and oxygen atoms in total. The van der Waals surface area contributed by atoms with E-state index in [1.54, 1.807) is 12.1 Å². The van der Waals surface area contributed by atoms with E-state index in [0.717, 1.165) is 0 Å². The van der Waals surface area contributed by atoms with Gasteiger partial charge in [0.1, 0.15) is 9.79 Å². The van der Waals surface area contributed by atoms with Gasteiger partial charge in [-0.2, -0.15) is 16.8 Å². The van der Waals surface area contributed by atoms with Crippen molar-refractivity contribution in [3.05, 3.63) is 47.5 Å². The van der Waals surface area contributed by atoms with Gasteiger partial charge in [-0.1, -0.05) is 24.3 Å². The third kappa shape index (κ3) is 6.56. The summed E-state index contributed by atoms with van der Waals surface area (Å²) in [5.41, 5.74) is 1.01. The predicted molar refractivity (Wildman–Crippen MR) is 119 cm³/mol. The van der Waals surface area contributed by atoms with E-state index in [4.69, 9.17) is 0 Å². The molecule has 0 radical (unpaired) electrons. The first kappa shape index (κ1) is 23.9. The minimum absolute atomic E-state index is 0.161. The molecule has 2 aromatic rings. The maximum Gasteiger partial charge on any atom is 0.295 e. The molecule has 0 amide bonds. The maximum absolute atomic E-state index is 11.9. The Balaban J connectivity index is 2.54. The van der Waals surface area contributed by atoms with Crippen LogP contribution in [-0.4, -0.2) is 38.0 Å². The minimum Gasteiger partial charge on any atom is -0.385 e. The molecule has 0 aliphatic heterocycles. The Labute approximate surface area is 177 Å². The first-order valence-electron chi connectivity index (χ1n) is 9.14. The van der Waals surface area contributed by atoms with Crippen LogP contribution < -0.4 is 10.6 Å². The highest BCUT2D eigenvalue weighted by atomic mass is 32.2. The Bertz CT molecular complexity index is 1160. The van der Waals surface area contributed by atoms with Gasteiger partial charge >= 0.3 is 0 Å². The van der Waals surface area contributed by atoms with Gasteiger partial charge in [0.2, 0.25) is 0 Å². The van der Waals surface area contributed by atoms with Crippen molar-refractivity contribution < 1.29 is 25.9 Å². The minimum atomic E-state index is -4.54. The quantitative estimate of drug-likeness (QED) is 0.365. The zero-order valence-electron chi connectivity index (χ0n) is 17.2. The molecule has 0 saturated heterocycles. The lowest BCUT2D eigenvalue weighted by atomic mass is 10.1. The monoisotopic (exact) mass is 454 g/mol. The van der Waals surface area contributed by atoms with Gasteiger partial charge in [-0.15, -0.1) is 0 Å². The van der Waals surface area contributed by atoms with E-state index >= 15 is 0 Å². The molecule has 4 N–H and O–H groups in total. The van der Waals surface area contributed by atoms with Crippen LogP contribution in [0.5, 0.6) is 0 Å². The van der Waals surface area contributed by atoms with Crippen LogP contribution in [0.3, 0.4) is 0 Å². The van der Waals surface area contributed by atoms with E-state index in [2.05, 4.69) is 10.6 Å². The molecule has 0 saturated carbocycles. The number of benzene rings is 2. The Morgan fingerprint density at radius 2 is 1.27 bits per heavy atom. The largest absolute Gasteiger partial charge is 0.385 e. The molecule has 10 heteroatoms. The van der Waals surface area contributed by atoms with Crippen molar-refractivity contribution in [3.63, 3.8) is 0 Å². The second-order valence-electron chi connectivity index (χ2n) is 7.69. The topological polar surface area (TPSA) is 133 Å². The molecule has 0 aromatic heterocycles. The van der Waals surface area contributed by atoms with Crippen molar-refractivity contribution in [2.75, 3.05) is 17.2 Å². The van der Waals surface area contributed by atoms with Crippen molar-refractivity contribution in [1.82, 2.24) is 0 Å². The summed E-state index contributed by atoms with van der Waals surface area (Å²) in [6.07, 6.45) is 2.72. The fourth-order valence-electron chi connectivity index (χ4n) is 2.80. The average molecular weight is 455 g/mol. The van der Waals surface area contributed by atoms with Crippen LogP contribution in [0.15, 0.2) is 46.2 Å². The highest BCUT2D eigenvalue weighted by Crippen LogP contribution is 2.27. The van der Waals surface area contributed by atoms with Gasteiger partial charge in [0.15, 0.2) is 0 Å². The summed E-state index contributed by atoms with van der Waals surface area (Å²) in [4.78, 5) is -0.651. The van der Waals surface area contributed by atoms with Gasteiger partial charge in [0.05, 0.1) is 0 Å². The number of nitrogens with one attached hydrogen (secondary N) is 2. The van der Waals surface area contributed by atoms with E-state index in [0.29, 0.717) is 17.9 Å². The number of hydrogen-bond donors (Lipinski definition) is 4. The standard InChI is InChI=1S/C20H26N2O6S2/c1-5-21-16-10-8-14(18(12-16)29(23,24)25)6-7-15-9-11-17(22-20(2,3)4)13-19(15)30(26,27)28/h6-13,21-22H,5H2,1-4H3,(H,23,24,25)(H,26,27,28)/b7-6+. The molecule has 2 aromatic carbocycles. The summed E-state index contributed by atoms with van der Waals surface area (Å²) < 4.78 is 66.5. The maximum atomic E-state index is 11.9. The van der Waals surface area contributed by atoms with Crippen molar-refractivity contribution in [3.8, 4) is 0 Å². The first-order chi connectivity index (χ1) is 13.7. The summed E-state index contributed by atoms with van der Waals surface area (Å²) in [7, 11) is -9.05. The van der Waals surface area contributed by atoms with Crippen LogP contribution in [0.25, 0.3) is 12.2 Å². The molecule has 0 fully saturated rings. The van der Waals surface area contributed by atoms with Crippen LogP contribution in [0.4, 0.5) is 11.4 Å². The third-order valence-electron chi connectivity index (χ3n) is 3.93.